The van der Waals surface area contributed by atoms with Gasteiger partial charge in [-0.15, -0.1) is 0 Å². The lowest BCUT2D eigenvalue weighted by Gasteiger charge is -2.14. The molecule has 0 aromatic carbocycles. The largest absolute Gasteiger partial charge is 0.478 e. The van der Waals surface area contributed by atoms with Crippen molar-refractivity contribution < 1.29 is 14.3 Å². The molecule has 0 radical (unpaired) electrons. The maximum atomic E-state index is 10.9. The first-order valence-electron chi connectivity index (χ1n) is 6.22. The molecular formula is C13H19NO3. The number of carboxylic acid groups (broad SMARTS) is 1. The van der Waals surface area contributed by atoms with Crippen LogP contribution in [0.15, 0.2) is 16.7 Å². The van der Waals surface area contributed by atoms with Crippen LogP contribution < -0.4 is 0 Å². The average Bonchev–Trinajstić information content (AvgIpc) is 2.89. The van der Waals surface area contributed by atoms with Crippen LogP contribution in [0.1, 0.15) is 42.3 Å². The summed E-state index contributed by atoms with van der Waals surface area (Å²) >= 11 is 0. The molecule has 2 rings (SSSR count). The van der Waals surface area contributed by atoms with Crippen molar-refractivity contribution in [2.45, 2.75) is 32.7 Å². The van der Waals surface area contributed by atoms with E-state index in [0.29, 0.717) is 17.9 Å². The predicted octanol–water partition coefficient (Wildman–Crippen LogP) is 2.60. The summed E-state index contributed by atoms with van der Waals surface area (Å²) in [6, 6.07) is 1.53. The molecule has 0 aliphatic carbocycles. The number of hydrogen-bond donors (Lipinski definition) is 1. The third-order valence-electron chi connectivity index (χ3n) is 3.41. The lowest BCUT2D eigenvalue weighted by molar-refractivity contribution is 0.0693. The van der Waals surface area contributed by atoms with E-state index >= 15 is 0 Å². The van der Waals surface area contributed by atoms with Gasteiger partial charge < -0.3 is 9.52 Å². The van der Waals surface area contributed by atoms with Crippen LogP contribution in [0.2, 0.25) is 0 Å². The normalized spacial score (nSPS) is 20.9. The first-order valence-corrected chi connectivity index (χ1v) is 6.22. The molecule has 0 bridgehead atoms. The van der Waals surface area contributed by atoms with Crippen molar-refractivity contribution >= 4 is 5.97 Å². The van der Waals surface area contributed by atoms with Crippen molar-refractivity contribution in [3.63, 3.8) is 0 Å². The number of carboxylic acids is 1. The van der Waals surface area contributed by atoms with E-state index < -0.39 is 5.97 Å². The molecule has 1 aliphatic rings. The minimum Gasteiger partial charge on any atom is -0.478 e. The van der Waals surface area contributed by atoms with Gasteiger partial charge in [-0.2, -0.15) is 0 Å². The van der Waals surface area contributed by atoms with Crippen LogP contribution in [0.3, 0.4) is 0 Å². The monoisotopic (exact) mass is 237 g/mol. The fourth-order valence-corrected chi connectivity index (χ4v) is 2.56. The van der Waals surface area contributed by atoms with Gasteiger partial charge in [-0.05, 0) is 31.4 Å². The van der Waals surface area contributed by atoms with E-state index in [1.807, 2.05) is 0 Å². The minimum atomic E-state index is -0.905. The number of nitrogens with zero attached hydrogens (tertiary/aromatic N) is 1. The van der Waals surface area contributed by atoms with Gasteiger partial charge in [-0.25, -0.2) is 4.79 Å². The van der Waals surface area contributed by atoms with Crippen molar-refractivity contribution in [2.24, 2.45) is 5.92 Å². The zero-order valence-electron chi connectivity index (χ0n) is 10.2. The lowest BCUT2D eigenvalue weighted by Crippen LogP contribution is -2.21. The van der Waals surface area contributed by atoms with Crippen LogP contribution >= 0.6 is 0 Å². The molecule has 1 N–H and O–H groups in total. The Bertz CT molecular complexity index is 386. The van der Waals surface area contributed by atoms with Crippen molar-refractivity contribution in [1.82, 2.24) is 4.90 Å². The van der Waals surface area contributed by atoms with Crippen LogP contribution in [0.5, 0.6) is 0 Å². The SMILES string of the molecule is CCCC1CCN(Cc2occc2C(=O)O)C1. The maximum Gasteiger partial charge on any atom is 0.339 e. The van der Waals surface area contributed by atoms with Gasteiger partial charge in [0.15, 0.2) is 0 Å². The van der Waals surface area contributed by atoms with Gasteiger partial charge >= 0.3 is 5.97 Å². The van der Waals surface area contributed by atoms with Crippen LogP contribution in [0.25, 0.3) is 0 Å². The Morgan fingerprint density at radius 3 is 3.18 bits per heavy atom. The molecule has 1 aromatic heterocycles. The molecule has 0 amide bonds. The van der Waals surface area contributed by atoms with E-state index in [9.17, 15) is 4.79 Å². The Balaban J connectivity index is 1.93. The maximum absolute atomic E-state index is 10.9. The van der Waals surface area contributed by atoms with E-state index in [0.717, 1.165) is 19.0 Å². The molecule has 1 atom stereocenters. The summed E-state index contributed by atoms with van der Waals surface area (Å²) in [5.41, 5.74) is 0.295. The minimum absolute atomic E-state index is 0.295. The number of likely N-dealkylation sites (tertiary alicyclic amines) is 1. The summed E-state index contributed by atoms with van der Waals surface area (Å²) in [4.78, 5) is 13.2. The van der Waals surface area contributed by atoms with Gasteiger partial charge in [0.25, 0.3) is 0 Å². The summed E-state index contributed by atoms with van der Waals surface area (Å²) in [7, 11) is 0. The van der Waals surface area contributed by atoms with Gasteiger partial charge in [0.2, 0.25) is 0 Å². The summed E-state index contributed by atoms with van der Waals surface area (Å²) in [5, 5.41) is 8.99. The van der Waals surface area contributed by atoms with Crippen LogP contribution in [-0.4, -0.2) is 29.1 Å². The summed E-state index contributed by atoms with van der Waals surface area (Å²) in [6.07, 6.45) is 5.16. The quantitative estimate of drug-likeness (QED) is 0.855. The van der Waals surface area contributed by atoms with Gasteiger partial charge in [-0.3, -0.25) is 4.90 Å². The van der Waals surface area contributed by atoms with Gasteiger partial charge in [0, 0.05) is 6.54 Å². The average molecular weight is 237 g/mol. The Morgan fingerprint density at radius 2 is 2.47 bits per heavy atom. The highest BCUT2D eigenvalue weighted by molar-refractivity contribution is 5.88. The van der Waals surface area contributed by atoms with Crippen LogP contribution in [0, 0.1) is 5.92 Å². The molecule has 17 heavy (non-hydrogen) atoms. The van der Waals surface area contributed by atoms with E-state index in [4.69, 9.17) is 9.52 Å². The number of rotatable bonds is 5. The number of carbonyl (C=O) groups is 1. The van der Waals surface area contributed by atoms with Crippen molar-refractivity contribution in [3.05, 3.63) is 23.7 Å². The zero-order chi connectivity index (χ0) is 12.3. The fraction of sp³-hybridized carbons (Fsp3) is 0.615. The molecule has 94 valence electrons. The highest BCUT2D eigenvalue weighted by atomic mass is 16.4. The Labute approximate surface area is 101 Å². The van der Waals surface area contributed by atoms with E-state index in [1.165, 1.54) is 31.6 Å². The third kappa shape index (κ3) is 2.88. The first-order chi connectivity index (χ1) is 8.20. The number of aromatic carboxylic acids is 1. The zero-order valence-corrected chi connectivity index (χ0v) is 10.2. The summed E-state index contributed by atoms with van der Waals surface area (Å²) < 4.78 is 5.26. The van der Waals surface area contributed by atoms with Crippen molar-refractivity contribution in [1.29, 1.82) is 0 Å². The second kappa shape index (κ2) is 5.36. The van der Waals surface area contributed by atoms with E-state index in [-0.39, 0.29) is 0 Å². The molecule has 1 saturated heterocycles. The molecule has 1 fully saturated rings. The van der Waals surface area contributed by atoms with E-state index in [2.05, 4.69) is 11.8 Å². The Kier molecular flexibility index (Phi) is 3.84. The molecule has 0 spiro atoms. The number of hydrogen-bond acceptors (Lipinski definition) is 3. The summed E-state index contributed by atoms with van der Waals surface area (Å²) in [5.74, 6) is 0.441. The molecule has 1 unspecified atom stereocenters. The smallest absolute Gasteiger partial charge is 0.339 e. The Morgan fingerprint density at radius 1 is 1.65 bits per heavy atom. The predicted molar refractivity (Wildman–Crippen MR) is 64.0 cm³/mol. The summed E-state index contributed by atoms with van der Waals surface area (Å²) in [6.45, 7) is 4.94. The Hall–Kier alpha value is -1.29. The van der Waals surface area contributed by atoms with Crippen molar-refractivity contribution in [2.75, 3.05) is 13.1 Å². The van der Waals surface area contributed by atoms with Crippen LogP contribution in [-0.2, 0) is 6.54 Å². The molecular weight excluding hydrogens is 218 g/mol. The third-order valence-corrected chi connectivity index (χ3v) is 3.41. The second-order valence-corrected chi connectivity index (χ2v) is 4.74. The van der Waals surface area contributed by atoms with E-state index in [1.54, 1.807) is 0 Å². The molecule has 2 heterocycles. The first kappa shape index (κ1) is 12.2. The van der Waals surface area contributed by atoms with Crippen molar-refractivity contribution in [3.8, 4) is 0 Å². The van der Waals surface area contributed by atoms with Gasteiger partial charge in [0.1, 0.15) is 11.3 Å². The highest BCUT2D eigenvalue weighted by Gasteiger charge is 2.24. The second-order valence-electron chi connectivity index (χ2n) is 4.74. The fourth-order valence-electron chi connectivity index (χ4n) is 2.56. The molecule has 4 heteroatoms. The molecule has 4 nitrogen and oxygen atoms in total. The lowest BCUT2D eigenvalue weighted by atomic mass is 10.0. The molecule has 1 aromatic rings. The topological polar surface area (TPSA) is 53.7 Å². The number of furan rings is 1. The standard InChI is InChI=1S/C13H19NO3/c1-2-3-10-4-6-14(8-10)9-12-11(13(15)16)5-7-17-12/h5,7,10H,2-4,6,8-9H2,1H3,(H,15,16). The molecule has 0 saturated carbocycles. The van der Waals surface area contributed by atoms with Gasteiger partial charge in [0.05, 0.1) is 12.8 Å². The van der Waals surface area contributed by atoms with Gasteiger partial charge in [-0.1, -0.05) is 13.3 Å². The highest BCUT2D eigenvalue weighted by Crippen LogP contribution is 2.23. The van der Waals surface area contributed by atoms with Crippen LogP contribution in [0.4, 0.5) is 0 Å². The molecule has 1 aliphatic heterocycles.